The molecule has 8 nitrogen and oxygen atoms in total. The molecular weight excluding hydrogens is 584 g/mol. The van der Waals surface area contributed by atoms with Crippen LogP contribution in [0, 0.1) is 0 Å². The minimum atomic E-state index is -3.37. The average Bonchev–Trinajstić information content (AvgIpc) is 3.05. The fourth-order valence-electron chi connectivity index (χ4n) is 7.08. The molecule has 9 heteroatoms. The summed E-state index contributed by atoms with van der Waals surface area (Å²) in [5.41, 5.74) is 5.63. The number of carbonyl (C=O) groups excluding carboxylic acids is 2. The highest BCUT2D eigenvalue weighted by atomic mass is 32.2. The summed E-state index contributed by atoms with van der Waals surface area (Å²) in [5, 5.41) is 2.88. The molecule has 0 bridgehead atoms. The number of nitrogens with zero attached hydrogens (tertiary/aromatic N) is 3. The number of nitrogens with one attached hydrogen (secondary N) is 1. The number of carbonyl (C=O) groups is 2. The summed E-state index contributed by atoms with van der Waals surface area (Å²) in [4.78, 5) is 33.3. The van der Waals surface area contributed by atoms with Gasteiger partial charge >= 0.3 is 0 Å². The van der Waals surface area contributed by atoms with Crippen LogP contribution in [0.25, 0.3) is 0 Å². The van der Waals surface area contributed by atoms with Gasteiger partial charge in [0.2, 0.25) is 12.8 Å². The van der Waals surface area contributed by atoms with Gasteiger partial charge in [0.15, 0.2) is 9.84 Å². The zero-order chi connectivity index (χ0) is 32.0. The predicted molar refractivity (Wildman–Crippen MR) is 178 cm³/mol. The molecule has 45 heavy (non-hydrogen) atoms. The van der Waals surface area contributed by atoms with Crippen LogP contribution in [0.5, 0.6) is 0 Å². The Labute approximate surface area is 266 Å². The number of hydrogen-bond acceptors (Lipinski definition) is 6. The fraction of sp³-hybridized carbons (Fsp3) is 0.361. The first-order valence-corrected chi connectivity index (χ1v) is 17.4. The van der Waals surface area contributed by atoms with Crippen molar-refractivity contribution >= 4 is 28.4 Å². The number of likely N-dealkylation sites (tertiary alicyclic amines) is 1. The van der Waals surface area contributed by atoms with E-state index in [0.29, 0.717) is 24.3 Å². The molecule has 2 atom stereocenters. The third kappa shape index (κ3) is 6.94. The number of benzene rings is 3. The zero-order valence-electron chi connectivity index (χ0n) is 26.2. The first-order chi connectivity index (χ1) is 21.7. The average molecular weight is 627 g/mol. The molecule has 2 amide bonds. The van der Waals surface area contributed by atoms with Gasteiger partial charge in [0.05, 0.1) is 28.2 Å². The second-order valence-corrected chi connectivity index (χ2v) is 14.1. The third-order valence-corrected chi connectivity index (χ3v) is 10.5. The lowest BCUT2D eigenvalue weighted by atomic mass is 9.68. The number of aliphatic imine (C=N–C) groups is 1. The number of sulfone groups is 1. The second kappa shape index (κ2) is 13.9. The Morgan fingerprint density at radius 1 is 0.911 bits per heavy atom. The number of allylic oxidation sites excluding steroid dienone is 1. The molecule has 2 aliphatic rings. The molecular formula is C36H42N4O4S. The maximum atomic E-state index is 12.6. The predicted octanol–water partition coefficient (Wildman–Crippen LogP) is 4.92. The Bertz CT molecular complexity index is 1600. The summed E-state index contributed by atoms with van der Waals surface area (Å²) in [6.45, 7) is 6.98. The van der Waals surface area contributed by atoms with Crippen LogP contribution < -0.4 is 5.32 Å². The maximum Gasteiger partial charge on any atom is 0.213 e. The van der Waals surface area contributed by atoms with Crippen molar-refractivity contribution in [3.05, 3.63) is 113 Å². The lowest BCUT2D eigenvalue weighted by Crippen LogP contribution is -2.46. The molecule has 0 spiro atoms. The van der Waals surface area contributed by atoms with Gasteiger partial charge in [0.1, 0.15) is 0 Å². The second-order valence-electron chi connectivity index (χ2n) is 12.1. The van der Waals surface area contributed by atoms with Crippen molar-refractivity contribution in [3.8, 4) is 0 Å². The fourth-order valence-corrected chi connectivity index (χ4v) is 7.71. The molecule has 2 unspecified atom stereocenters. The smallest absolute Gasteiger partial charge is 0.213 e. The number of amides is 2. The van der Waals surface area contributed by atoms with Crippen molar-refractivity contribution in [2.45, 2.75) is 55.4 Å². The van der Waals surface area contributed by atoms with Gasteiger partial charge in [-0.15, -0.1) is 0 Å². The van der Waals surface area contributed by atoms with E-state index < -0.39 is 21.8 Å². The molecule has 1 saturated heterocycles. The SMILES string of the molecule is CC1=NC(C)=C(N(C=O)CCCN2CCC(c3ccccc3)(c3ccccc3)CC2)C(c2ccc(S(C)(=O)=O)cc2)C1NC=O. The highest BCUT2D eigenvalue weighted by Gasteiger charge is 2.38. The van der Waals surface area contributed by atoms with Crippen molar-refractivity contribution in [2.75, 3.05) is 32.4 Å². The quantitative estimate of drug-likeness (QED) is 0.288. The highest BCUT2D eigenvalue weighted by Crippen LogP contribution is 2.42. The molecule has 1 fully saturated rings. The molecule has 5 rings (SSSR count). The molecule has 1 N–H and O–H groups in total. The van der Waals surface area contributed by atoms with Gasteiger partial charge in [-0.1, -0.05) is 72.8 Å². The molecule has 236 valence electrons. The Morgan fingerprint density at radius 2 is 1.49 bits per heavy atom. The van der Waals surface area contributed by atoms with E-state index in [1.54, 1.807) is 29.2 Å². The first-order valence-electron chi connectivity index (χ1n) is 15.5. The molecule has 0 aliphatic carbocycles. The Hall–Kier alpha value is -4.08. The summed E-state index contributed by atoms with van der Waals surface area (Å²) >= 11 is 0. The van der Waals surface area contributed by atoms with Crippen LogP contribution in [-0.4, -0.2) is 75.2 Å². The topological polar surface area (TPSA) is 99.2 Å². The van der Waals surface area contributed by atoms with E-state index in [-0.39, 0.29) is 10.3 Å². The zero-order valence-corrected chi connectivity index (χ0v) is 27.0. The largest absolute Gasteiger partial charge is 0.350 e. The van der Waals surface area contributed by atoms with E-state index >= 15 is 0 Å². The number of hydrogen-bond donors (Lipinski definition) is 1. The summed E-state index contributed by atoms with van der Waals surface area (Å²) in [5.74, 6) is -0.404. The minimum Gasteiger partial charge on any atom is -0.350 e. The number of piperidine rings is 1. The van der Waals surface area contributed by atoms with Gasteiger partial charge in [-0.2, -0.15) is 0 Å². The monoisotopic (exact) mass is 626 g/mol. The minimum absolute atomic E-state index is 0.0196. The van der Waals surface area contributed by atoms with E-state index in [1.165, 1.54) is 17.4 Å². The molecule has 0 saturated carbocycles. The van der Waals surface area contributed by atoms with Crippen molar-refractivity contribution < 1.29 is 18.0 Å². The van der Waals surface area contributed by atoms with E-state index in [0.717, 1.165) is 56.6 Å². The van der Waals surface area contributed by atoms with E-state index in [9.17, 15) is 18.0 Å². The lowest BCUT2D eigenvalue weighted by molar-refractivity contribution is -0.116. The number of rotatable bonds is 12. The lowest BCUT2D eigenvalue weighted by Gasteiger charge is -2.43. The summed E-state index contributed by atoms with van der Waals surface area (Å²) in [6, 6.07) is 27.8. The van der Waals surface area contributed by atoms with Gasteiger partial charge in [-0.05, 0) is 81.6 Å². The molecule has 2 aliphatic heterocycles. The molecule has 3 aromatic carbocycles. The van der Waals surface area contributed by atoms with Crippen LogP contribution in [0.1, 0.15) is 55.7 Å². The summed E-state index contributed by atoms with van der Waals surface area (Å²) in [7, 11) is -3.37. The van der Waals surface area contributed by atoms with Crippen molar-refractivity contribution in [1.29, 1.82) is 0 Å². The molecule has 0 radical (unpaired) electrons. The van der Waals surface area contributed by atoms with Gasteiger partial charge in [0, 0.05) is 23.9 Å². The van der Waals surface area contributed by atoms with Gasteiger partial charge in [0.25, 0.3) is 0 Å². The van der Waals surface area contributed by atoms with Gasteiger partial charge in [-0.25, -0.2) is 8.42 Å². The Balaban J connectivity index is 1.31. The van der Waals surface area contributed by atoms with Crippen LogP contribution >= 0.6 is 0 Å². The normalized spacial score (nSPS) is 20.3. The summed E-state index contributed by atoms with van der Waals surface area (Å²) in [6.07, 6.45) is 5.46. The van der Waals surface area contributed by atoms with Crippen molar-refractivity contribution in [2.24, 2.45) is 4.99 Å². The van der Waals surface area contributed by atoms with Gasteiger partial charge in [-0.3, -0.25) is 14.6 Å². The van der Waals surface area contributed by atoms with E-state index in [4.69, 9.17) is 4.99 Å². The molecule has 0 aromatic heterocycles. The summed E-state index contributed by atoms with van der Waals surface area (Å²) < 4.78 is 24.2. The standard InChI is InChI=1S/C36H42N4O4S/c1-27-34(37-25-41)33(29-15-17-32(18-16-29)45(3,43)44)35(28(2)38-27)40(26-42)22-10-21-39-23-19-36(20-24-39,30-11-6-4-7-12-30)31-13-8-5-9-14-31/h4-9,11-18,25-26,33-34H,10,19-24H2,1-3H3,(H,37,41). The van der Waals surface area contributed by atoms with Crippen LogP contribution in [0.3, 0.4) is 0 Å². The van der Waals surface area contributed by atoms with E-state index in [2.05, 4.69) is 70.9 Å². The first kappa shape index (κ1) is 32.3. The van der Waals surface area contributed by atoms with Crippen LogP contribution in [0.15, 0.2) is 106 Å². The van der Waals surface area contributed by atoms with Crippen LogP contribution in [-0.2, 0) is 24.8 Å². The highest BCUT2D eigenvalue weighted by molar-refractivity contribution is 7.90. The van der Waals surface area contributed by atoms with Crippen LogP contribution in [0.4, 0.5) is 0 Å². The Kier molecular flexibility index (Phi) is 9.99. The maximum absolute atomic E-state index is 12.6. The third-order valence-electron chi connectivity index (χ3n) is 9.38. The van der Waals surface area contributed by atoms with E-state index in [1.807, 2.05) is 13.8 Å². The molecule has 2 heterocycles. The Morgan fingerprint density at radius 3 is 2.00 bits per heavy atom. The van der Waals surface area contributed by atoms with Crippen molar-refractivity contribution in [1.82, 2.24) is 15.1 Å². The van der Waals surface area contributed by atoms with Crippen LogP contribution in [0.2, 0.25) is 0 Å². The van der Waals surface area contributed by atoms with Gasteiger partial charge < -0.3 is 15.1 Å². The van der Waals surface area contributed by atoms with Crippen molar-refractivity contribution in [3.63, 3.8) is 0 Å². The molecule has 3 aromatic rings.